The smallest absolute Gasteiger partial charge is 0.253 e. The first-order chi connectivity index (χ1) is 9.79. The van der Waals surface area contributed by atoms with E-state index in [4.69, 9.17) is 9.47 Å². The minimum atomic E-state index is -0.339. The van der Waals surface area contributed by atoms with Crippen molar-refractivity contribution in [2.45, 2.75) is 18.9 Å². The average Bonchev–Trinajstić information content (AvgIpc) is 3.01. The number of fused-ring (bicyclic) bond motifs is 1. The maximum absolute atomic E-state index is 12.1. The van der Waals surface area contributed by atoms with Crippen LogP contribution in [0.1, 0.15) is 12.8 Å². The normalized spacial score (nSPS) is 18.1. The maximum atomic E-state index is 12.1. The molecule has 0 unspecified atom stereocenters. The van der Waals surface area contributed by atoms with Gasteiger partial charge in [-0.1, -0.05) is 6.07 Å². The fraction of sp³-hybridized carbons (Fsp3) is 0.333. The Morgan fingerprint density at radius 3 is 3.05 bits per heavy atom. The number of nitrogens with zero attached hydrogens (tertiary/aromatic N) is 1. The first kappa shape index (κ1) is 12.9. The second-order valence-corrected chi connectivity index (χ2v) is 4.71. The second-order valence-electron chi connectivity index (χ2n) is 4.71. The van der Waals surface area contributed by atoms with Gasteiger partial charge in [0.2, 0.25) is 5.88 Å². The molecule has 1 saturated heterocycles. The largest absolute Gasteiger partial charge is 0.481 e. The van der Waals surface area contributed by atoms with Gasteiger partial charge in [0, 0.05) is 29.3 Å². The number of carbonyl (C=O) groups excluding carboxylic acids is 1. The third-order valence-corrected chi connectivity index (χ3v) is 3.44. The Balaban J connectivity index is 1.93. The van der Waals surface area contributed by atoms with E-state index in [1.165, 1.54) is 0 Å². The summed E-state index contributed by atoms with van der Waals surface area (Å²) in [5.41, 5.74) is 0.753. The predicted molar refractivity (Wildman–Crippen MR) is 75.9 cm³/mol. The number of amides is 1. The molecule has 1 aliphatic rings. The highest BCUT2D eigenvalue weighted by atomic mass is 16.5. The van der Waals surface area contributed by atoms with Crippen LogP contribution in [0, 0.1) is 0 Å². The molecule has 0 saturated carbocycles. The summed E-state index contributed by atoms with van der Waals surface area (Å²) in [6, 6.07) is 7.53. The molecule has 0 spiro atoms. The van der Waals surface area contributed by atoms with E-state index in [-0.39, 0.29) is 12.0 Å². The summed E-state index contributed by atoms with van der Waals surface area (Å²) in [6.07, 6.45) is 3.05. The molecule has 2 heterocycles. The average molecular weight is 272 g/mol. The molecule has 1 amide bonds. The topological polar surface area (TPSA) is 60.5 Å². The molecule has 20 heavy (non-hydrogen) atoms. The lowest BCUT2D eigenvalue weighted by Gasteiger charge is -2.13. The Morgan fingerprint density at radius 2 is 2.30 bits per heavy atom. The standard InChI is InChI=1S/C15H16N2O3/c1-19-15-11-4-2-5-12(10(11)7-8-16-15)17-14(18)13-6-3-9-20-13/h2,4-5,7-8,13H,3,6,9H2,1H3,(H,17,18)/t13-/m1/s1. The third-order valence-electron chi connectivity index (χ3n) is 3.44. The van der Waals surface area contributed by atoms with Crippen LogP contribution in [0.3, 0.4) is 0 Å². The molecule has 104 valence electrons. The molecule has 0 radical (unpaired) electrons. The predicted octanol–water partition coefficient (Wildman–Crippen LogP) is 2.36. The first-order valence-electron chi connectivity index (χ1n) is 6.64. The van der Waals surface area contributed by atoms with Crippen molar-refractivity contribution >= 4 is 22.4 Å². The number of hydrogen-bond acceptors (Lipinski definition) is 4. The number of anilines is 1. The molecule has 2 aromatic rings. The molecule has 1 aliphatic heterocycles. The van der Waals surface area contributed by atoms with Gasteiger partial charge in [0.25, 0.3) is 5.91 Å². The van der Waals surface area contributed by atoms with Gasteiger partial charge in [-0.3, -0.25) is 4.79 Å². The van der Waals surface area contributed by atoms with Crippen LogP contribution in [-0.2, 0) is 9.53 Å². The lowest BCUT2D eigenvalue weighted by molar-refractivity contribution is -0.124. The summed E-state index contributed by atoms with van der Waals surface area (Å²) in [5, 5.41) is 4.71. The van der Waals surface area contributed by atoms with E-state index in [2.05, 4.69) is 10.3 Å². The fourth-order valence-electron chi connectivity index (χ4n) is 2.45. The van der Waals surface area contributed by atoms with E-state index in [0.29, 0.717) is 12.5 Å². The van der Waals surface area contributed by atoms with E-state index in [9.17, 15) is 4.79 Å². The molecule has 5 heteroatoms. The van der Waals surface area contributed by atoms with Crippen molar-refractivity contribution in [3.63, 3.8) is 0 Å². The summed E-state index contributed by atoms with van der Waals surface area (Å²) in [4.78, 5) is 16.3. The highest BCUT2D eigenvalue weighted by Gasteiger charge is 2.24. The molecule has 5 nitrogen and oxygen atoms in total. The number of methoxy groups -OCH3 is 1. The summed E-state index contributed by atoms with van der Waals surface area (Å²) < 4.78 is 10.6. The number of nitrogens with one attached hydrogen (secondary N) is 1. The van der Waals surface area contributed by atoms with Gasteiger partial charge >= 0.3 is 0 Å². The third kappa shape index (κ3) is 2.32. The number of carbonyl (C=O) groups is 1. The van der Waals surface area contributed by atoms with Crippen molar-refractivity contribution in [3.05, 3.63) is 30.5 Å². The molecule has 3 rings (SSSR count). The van der Waals surface area contributed by atoms with Crippen LogP contribution in [0.15, 0.2) is 30.5 Å². The van der Waals surface area contributed by atoms with E-state index >= 15 is 0 Å². The molecule has 1 fully saturated rings. The zero-order chi connectivity index (χ0) is 13.9. The van der Waals surface area contributed by atoms with Crippen LogP contribution in [-0.4, -0.2) is 30.7 Å². The number of hydrogen-bond donors (Lipinski definition) is 1. The molecule has 0 aliphatic carbocycles. The highest BCUT2D eigenvalue weighted by Crippen LogP contribution is 2.29. The van der Waals surface area contributed by atoms with Crippen LogP contribution < -0.4 is 10.1 Å². The molecule has 1 aromatic heterocycles. The Labute approximate surface area is 116 Å². The van der Waals surface area contributed by atoms with E-state index in [1.807, 2.05) is 24.3 Å². The van der Waals surface area contributed by atoms with Gasteiger partial charge in [0.15, 0.2) is 0 Å². The van der Waals surface area contributed by atoms with Gasteiger partial charge < -0.3 is 14.8 Å². The quantitative estimate of drug-likeness (QED) is 0.931. The number of ether oxygens (including phenoxy) is 2. The monoisotopic (exact) mass is 272 g/mol. The van der Waals surface area contributed by atoms with Crippen molar-refractivity contribution < 1.29 is 14.3 Å². The van der Waals surface area contributed by atoms with Crippen LogP contribution >= 0.6 is 0 Å². The van der Waals surface area contributed by atoms with Gasteiger partial charge in [0.1, 0.15) is 6.10 Å². The second kappa shape index (κ2) is 5.46. The lowest BCUT2D eigenvalue weighted by atomic mass is 10.1. The lowest BCUT2D eigenvalue weighted by Crippen LogP contribution is -2.26. The fourth-order valence-corrected chi connectivity index (χ4v) is 2.45. The van der Waals surface area contributed by atoms with Gasteiger partial charge in [-0.2, -0.15) is 0 Å². The summed E-state index contributed by atoms with van der Waals surface area (Å²) in [6.45, 7) is 0.658. The minimum absolute atomic E-state index is 0.0919. The number of benzene rings is 1. The Morgan fingerprint density at radius 1 is 1.40 bits per heavy atom. The molecule has 1 aromatic carbocycles. The zero-order valence-corrected chi connectivity index (χ0v) is 11.3. The summed E-state index contributed by atoms with van der Waals surface area (Å²) >= 11 is 0. The Hall–Kier alpha value is -2.14. The highest BCUT2D eigenvalue weighted by molar-refractivity contribution is 6.04. The Bertz CT molecular complexity index is 636. The number of pyridine rings is 1. The molecule has 1 atom stereocenters. The SMILES string of the molecule is COc1nccc2c(NC(=O)[C@H]3CCCO3)cccc12. The zero-order valence-electron chi connectivity index (χ0n) is 11.3. The van der Waals surface area contributed by atoms with Gasteiger partial charge in [-0.15, -0.1) is 0 Å². The van der Waals surface area contributed by atoms with Crippen molar-refractivity contribution in [1.82, 2.24) is 4.98 Å². The maximum Gasteiger partial charge on any atom is 0.253 e. The van der Waals surface area contributed by atoms with Crippen LogP contribution in [0.2, 0.25) is 0 Å². The van der Waals surface area contributed by atoms with Crippen LogP contribution in [0.25, 0.3) is 10.8 Å². The van der Waals surface area contributed by atoms with Crippen molar-refractivity contribution in [2.75, 3.05) is 19.0 Å². The number of rotatable bonds is 3. The van der Waals surface area contributed by atoms with E-state index in [1.54, 1.807) is 13.3 Å². The molecular formula is C15H16N2O3. The van der Waals surface area contributed by atoms with Gasteiger partial charge in [0.05, 0.1) is 7.11 Å². The van der Waals surface area contributed by atoms with E-state index in [0.717, 1.165) is 29.3 Å². The van der Waals surface area contributed by atoms with E-state index < -0.39 is 0 Å². The molecular weight excluding hydrogens is 256 g/mol. The van der Waals surface area contributed by atoms with Crippen molar-refractivity contribution in [2.24, 2.45) is 0 Å². The van der Waals surface area contributed by atoms with Crippen molar-refractivity contribution in [3.8, 4) is 5.88 Å². The number of aromatic nitrogens is 1. The first-order valence-corrected chi connectivity index (χ1v) is 6.64. The van der Waals surface area contributed by atoms with Crippen molar-refractivity contribution in [1.29, 1.82) is 0 Å². The summed E-state index contributed by atoms with van der Waals surface area (Å²) in [5.74, 6) is 0.460. The summed E-state index contributed by atoms with van der Waals surface area (Å²) in [7, 11) is 1.58. The molecule has 1 N–H and O–H groups in total. The van der Waals surface area contributed by atoms with Crippen LogP contribution in [0.5, 0.6) is 5.88 Å². The van der Waals surface area contributed by atoms with Crippen LogP contribution in [0.4, 0.5) is 5.69 Å². The van der Waals surface area contributed by atoms with Gasteiger partial charge in [-0.05, 0) is 31.0 Å². The minimum Gasteiger partial charge on any atom is -0.481 e. The Kier molecular flexibility index (Phi) is 3.52. The van der Waals surface area contributed by atoms with Gasteiger partial charge in [-0.25, -0.2) is 4.98 Å². The molecule has 0 bridgehead atoms.